The van der Waals surface area contributed by atoms with Crippen LogP contribution in [0.25, 0.3) is 0 Å². The van der Waals surface area contributed by atoms with Crippen molar-refractivity contribution < 1.29 is 23.6 Å². The highest BCUT2D eigenvalue weighted by atomic mass is 16.5. The second-order valence-corrected chi connectivity index (χ2v) is 4.74. The molecule has 3 N–H and O–H groups in total. The van der Waals surface area contributed by atoms with Gasteiger partial charge < -0.3 is 25.0 Å². The first-order chi connectivity index (χ1) is 10.9. The summed E-state index contributed by atoms with van der Waals surface area (Å²) in [5, 5.41) is 6.19. The van der Waals surface area contributed by atoms with E-state index in [-0.39, 0.29) is 11.4 Å². The van der Waals surface area contributed by atoms with Gasteiger partial charge in [-0.1, -0.05) is 17.3 Å². The highest BCUT2D eigenvalue weighted by molar-refractivity contribution is 5.99. The molecule has 0 fully saturated rings. The summed E-state index contributed by atoms with van der Waals surface area (Å²) in [6.45, 7) is 3.00. The van der Waals surface area contributed by atoms with Crippen LogP contribution in [0.2, 0.25) is 0 Å². The van der Waals surface area contributed by atoms with Crippen LogP contribution in [-0.2, 0) is 9.53 Å². The number of hydrogen-bond donors (Lipinski definition) is 2. The number of carbonyl (C=O) groups is 2. The number of ether oxygens (including phenoxy) is 2. The molecule has 0 aliphatic heterocycles. The lowest BCUT2D eigenvalue weighted by atomic mass is 10.2. The second kappa shape index (κ2) is 6.82. The van der Waals surface area contributed by atoms with Crippen molar-refractivity contribution in [3.8, 4) is 5.75 Å². The van der Waals surface area contributed by atoms with Gasteiger partial charge in [-0.25, -0.2) is 4.79 Å². The van der Waals surface area contributed by atoms with Gasteiger partial charge in [0, 0.05) is 0 Å². The summed E-state index contributed by atoms with van der Waals surface area (Å²) < 4.78 is 14.9. The SMILES string of the molecule is COc1ccccc1NC(=O)C(C)OC(=O)c1c(C)noc1N. The predicted molar refractivity (Wildman–Crippen MR) is 82.2 cm³/mol. The van der Waals surface area contributed by atoms with Crippen molar-refractivity contribution in [1.82, 2.24) is 5.16 Å². The van der Waals surface area contributed by atoms with Gasteiger partial charge in [0.2, 0.25) is 5.88 Å². The first-order valence-electron chi connectivity index (χ1n) is 6.80. The standard InChI is InChI=1S/C15H17N3O5/c1-8-12(13(16)23-18-8)15(20)22-9(2)14(19)17-10-6-4-5-7-11(10)21-3/h4-7,9H,16H2,1-3H3,(H,17,19). The molecular weight excluding hydrogens is 302 g/mol. The minimum absolute atomic E-state index is 0.0157. The molecule has 1 aromatic heterocycles. The summed E-state index contributed by atoms with van der Waals surface area (Å²) >= 11 is 0. The van der Waals surface area contributed by atoms with Crippen LogP contribution in [0.15, 0.2) is 28.8 Å². The Morgan fingerprint density at radius 2 is 2.04 bits per heavy atom. The lowest BCUT2D eigenvalue weighted by Gasteiger charge is -2.14. The van der Waals surface area contributed by atoms with Crippen molar-refractivity contribution in [2.45, 2.75) is 20.0 Å². The van der Waals surface area contributed by atoms with Crippen molar-refractivity contribution in [3.63, 3.8) is 0 Å². The molecule has 23 heavy (non-hydrogen) atoms. The normalized spacial score (nSPS) is 11.6. The van der Waals surface area contributed by atoms with E-state index in [0.717, 1.165) is 0 Å². The number of nitrogens with two attached hydrogens (primary N) is 1. The monoisotopic (exact) mass is 319 g/mol. The third-order valence-corrected chi connectivity index (χ3v) is 3.11. The molecule has 8 heteroatoms. The molecule has 1 aromatic carbocycles. The number of nitrogen functional groups attached to an aromatic ring is 1. The minimum Gasteiger partial charge on any atom is -0.495 e. The highest BCUT2D eigenvalue weighted by Crippen LogP contribution is 2.23. The molecule has 122 valence electrons. The second-order valence-electron chi connectivity index (χ2n) is 4.74. The van der Waals surface area contributed by atoms with Crippen LogP contribution in [0.3, 0.4) is 0 Å². The minimum atomic E-state index is -1.04. The maximum Gasteiger partial charge on any atom is 0.346 e. The Balaban J connectivity index is 2.04. The number of aromatic nitrogens is 1. The summed E-state index contributed by atoms with van der Waals surface area (Å²) in [4.78, 5) is 24.2. The molecule has 1 atom stereocenters. The van der Waals surface area contributed by atoms with Crippen molar-refractivity contribution in [1.29, 1.82) is 0 Å². The number of nitrogens with zero attached hydrogens (tertiary/aromatic N) is 1. The van der Waals surface area contributed by atoms with Gasteiger partial charge in [-0.2, -0.15) is 0 Å². The van der Waals surface area contributed by atoms with E-state index in [0.29, 0.717) is 17.1 Å². The highest BCUT2D eigenvalue weighted by Gasteiger charge is 2.25. The number of para-hydroxylation sites is 2. The van der Waals surface area contributed by atoms with E-state index in [4.69, 9.17) is 19.7 Å². The Hall–Kier alpha value is -3.03. The van der Waals surface area contributed by atoms with E-state index in [9.17, 15) is 9.59 Å². The van der Waals surface area contributed by atoms with Crippen LogP contribution in [-0.4, -0.2) is 30.2 Å². The summed E-state index contributed by atoms with van der Waals surface area (Å²) in [5.74, 6) is -0.928. The third-order valence-electron chi connectivity index (χ3n) is 3.11. The predicted octanol–water partition coefficient (Wildman–Crippen LogP) is 1.76. The van der Waals surface area contributed by atoms with Crippen molar-refractivity contribution in [2.75, 3.05) is 18.2 Å². The molecule has 1 heterocycles. The maximum atomic E-state index is 12.1. The van der Waals surface area contributed by atoms with Crippen LogP contribution in [0.5, 0.6) is 5.75 Å². The topological polar surface area (TPSA) is 117 Å². The molecule has 1 unspecified atom stereocenters. The fraction of sp³-hybridized carbons (Fsp3) is 0.267. The Morgan fingerprint density at radius 3 is 2.65 bits per heavy atom. The quantitative estimate of drug-likeness (QED) is 0.806. The van der Waals surface area contributed by atoms with E-state index < -0.39 is 18.0 Å². The number of carbonyl (C=O) groups excluding carboxylic acids is 2. The molecule has 0 aliphatic rings. The number of anilines is 2. The smallest absolute Gasteiger partial charge is 0.346 e. The van der Waals surface area contributed by atoms with E-state index in [1.165, 1.54) is 14.0 Å². The van der Waals surface area contributed by atoms with Crippen LogP contribution < -0.4 is 15.8 Å². The summed E-state index contributed by atoms with van der Waals surface area (Å²) in [6.07, 6.45) is -1.04. The zero-order valence-electron chi connectivity index (χ0n) is 13.0. The number of benzene rings is 1. The molecule has 0 bridgehead atoms. The number of nitrogens with one attached hydrogen (secondary N) is 1. The molecule has 0 saturated heterocycles. The summed E-state index contributed by atoms with van der Waals surface area (Å²) in [5.41, 5.74) is 6.30. The molecule has 0 radical (unpaired) electrons. The Bertz CT molecular complexity index is 706. The Labute approximate surface area is 132 Å². The lowest BCUT2D eigenvalue weighted by Crippen LogP contribution is -2.30. The van der Waals surface area contributed by atoms with Gasteiger partial charge in [-0.3, -0.25) is 4.79 Å². The number of esters is 1. The van der Waals surface area contributed by atoms with Crippen LogP contribution >= 0.6 is 0 Å². The van der Waals surface area contributed by atoms with Gasteiger partial charge in [0.05, 0.1) is 18.5 Å². The molecular formula is C15H17N3O5. The largest absolute Gasteiger partial charge is 0.495 e. The van der Waals surface area contributed by atoms with E-state index in [2.05, 4.69) is 10.5 Å². The first-order valence-corrected chi connectivity index (χ1v) is 6.80. The van der Waals surface area contributed by atoms with E-state index >= 15 is 0 Å². The Morgan fingerprint density at radius 1 is 1.35 bits per heavy atom. The van der Waals surface area contributed by atoms with Gasteiger partial charge in [0.15, 0.2) is 6.10 Å². The summed E-state index contributed by atoms with van der Waals surface area (Å²) in [7, 11) is 1.49. The fourth-order valence-electron chi connectivity index (χ4n) is 1.89. The van der Waals surface area contributed by atoms with Gasteiger partial charge in [0.1, 0.15) is 11.3 Å². The van der Waals surface area contributed by atoms with Crippen molar-refractivity contribution in [2.24, 2.45) is 0 Å². The fourth-order valence-corrected chi connectivity index (χ4v) is 1.89. The van der Waals surface area contributed by atoms with E-state index in [1.807, 2.05) is 0 Å². The van der Waals surface area contributed by atoms with Crippen molar-refractivity contribution >= 4 is 23.4 Å². The van der Waals surface area contributed by atoms with Crippen molar-refractivity contribution in [3.05, 3.63) is 35.5 Å². The lowest BCUT2D eigenvalue weighted by molar-refractivity contribution is -0.123. The third kappa shape index (κ3) is 3.60. The molecule has 1 amide bonds. The molecule has 8 nitrogen and oxygen atoms in total. The Kier molecular flexibility index (Phi) is 4.85. The first kappa shape index (κ1) is 16.3. The number of methoxy groups -OCH3 is 1. The van der Waals surface area contributed by atoms with Gasteiger partial charge in [-0.05, 0) is 26.0 Å². The zero-order valence-corrected chi connectivity index (χ0v) is 13.0. The number of hydrogen-bond acceptors (Lipinski definition) is 7. The van der Waals surface area contributed by atoms with Crippen LogP contribution in [0.1, 0.15) is 23.0 Å². The van der Waals surface area contributed by atoms with Gasteiger partial charge >= 0.3 is 5.97 Å². The average Bonchev–Trinajstić information content (AvgIpc) is 2.86. The van der Waals surface area contributed by atoms with Crippen LogP contribution in [0, 0.1) is 6.92 Å². The van der Waals surface area contributed by atoms with Gasteiger partial charge in [0.25, 0.3) is 5.91 Å². The number of aryl methyl sites for hydroxylation is 1. The van der Waals surface area contributed by atoms with Crippen LogP contribution in [0.4, 0.5) is 11.6 Å². The molecule has 0 saturated carbocycles. The molecule has 0 aliphatic carbocycles. The average molecular weight is 319 g/mol. The number of amides is 1. The molecule has 2 aromatic rings. The maximum absolute atomic E-state index is 12.1. The van der Waals surface area contributed by atoms with E-state index in [1.54, 1.807) is 31.2 Å². The summed E-state index contributed by atoms with van der Waals surface area (Å²) in [6, 6.07) is 6.90. The number of rotatable bonds is 5. The molecule has 2 rings (SSSR count). The molecule has 0 spiro atoms. The van der Waals surface area contributed by atoms with Gasteiger partial charge in [-0.15, -0.1) is 0 Å². The zero-order chi connectivity index (χ0) is 17.0.